The van der Waals surface area contributed by atoms with Crippen LogP contribution in [0.1, 0.15) is 64.5 Å². The van der Waals surface area contributed by atoms with Crippen molar-refractivity contribution in [1.29, 1.82) is 0 Å². The highest BCUT2D eigenvalue weighted by Gasteiger charge is 2.30. The van der Waals surface area contributed by atoms with Gasteiger partial charge in [0.15, 0.2) is 0 Å². The monoisotopic (exact) mass is 335 g/mol. The van der Waals surface area contributed by atoms with Crippen molar-refractivity contribution in [2.75, 3.05) is 13.2 Å². The molecule has 0 unspecified atom stereocenters. The lowest BCUT2D eigenvalue weighted by atomic mass is 9.69. The van der Waals surface area contributed by atoms with E-state index in [2.05, 4.69) is 34.9 Å². The van der Waals surface area contributed by atoms with E-state index in [9.17, 15) is 4.79 Å². The quantitative estimate of drug-likeness (QED) is 0.729. The third-order valence-electron chi connectivity index (χ3n) is 5.45. The van der Waals surface area contributed by atoms with Gasteiger partial charge in [-0.05, 0) is 37.0 Å². The number of aryl methyl sites for hydroxylation is 2. The molecule has 1 aromatic heterocycles. The Morgan fingerprint density at radius 1 is 1.38 bits per heavy atom. The van der Waals surface area contributed by atoms with Crippen molar-refractivity contribution in [3.63, 3.8) is 0 Å². The molecule has 2 N–H and O–H groups in total. The SMILES string of the molecule is CC(C)(CCn1cnc(CCC(=O)NCCO)c1)C1CCCCC1. The van der Waals surface area contributed by atoms with Crippen LogP contribution in [0, 0.1) is 11.3 Å². The largest absolute Gasteiger partial charge is 0.395 e. The topological polar surface area (TPSA) is 67.2 Å². The highest BCUT2D eigenvalue weighted by molar-refractivity contribution is 5.76. The highest BCUT2D eigenvalue weighted by Crippen LogP contribution is 2.40. The number of amides is 1. The zero-order valence-electron chi connectivity index (χ0n) is 15.3. The molecular formula is C19H33N3O2. The second-order valence-electron chi connectivity index (χ2n) is 7.75. The van der Waals surface area contributed by atoms with E-state index in [1.54, 1.807) is 0 Å². The Bertz CT molecular complexity index is 504. The van der Waals surface area contributed by atoms with Crippen LogP contribution in [0.5, 0.6) is 0 Å². The molecule has 1 heterocycles. The van der Waals surface area contributed by atoms with E-state index in [4.69, 9.17) is 5.11 Å². The van der Waals surface area contributed by atoms with Crippen LogP contribution in [0.25, 0.3) is 0 Å². The molecule has 24 heavy (non-hydrogen) atoms. The predicted molar refractivity (Wildman–Crippen MR) is 95.6 cm³/mol. The zero-order valence-corrected chi connectivity index (χ0v) is 15.3. The third kappa shape index (κ3) is 5.93. The average molecular weight is 335 g/mol. The number of nitrogens with zero attached hydrogens (tertiary/aromatic N) is 2. The number of aromatic nitrogens is 2. The molecule has 1 aliphatic carbocycles. The molecule has 0 atom stereocenters. The van der Waals surface area contributed by atoms with Gasteiger partial charge in [0.1, 0.15) is 0 Å². The van der Waals surface area contributed by atoms with Crippen molar-refractivity contribution in [2.24, 2.45) is 11.3 Å². The van der Waals surface area contributed by atoms with Gasteiger partial charge in [-0.25, -0.2) is 4.98 Å². The summed E-state index contributed by atoms with van der Waals surface area (Å²) in [6.45, 7) is 6.12. The summed E-state index contributed by atoms with van der Waals surface area (Å²) in [4.78, 5) is 16.0. The number of rotatable bonds is 9. The van der Waals surface area contributed by atoms with Crippen LogP contribution in [-0.4, -0.2) is 33.7 Å². The zero-order chi connectivity index (χ0) is 17.4. The van der Waals surface area contributed by atoms with Crippen molar-refractivity contribution in [3.8, 4) is 0 Å². The lowest BCUT2D eigenvalue weighted by molar-refractivity contribution is -0.121. The molecule has 5 nitrogen and oxygen atoms in total. The standard InChI is InChI=1S/C19H33N3O2/c1-19(2,16-6-4-3-5-7-16)10-12-22-14-17(21-15-22)8-9-18(24)20-11-13-23/h14-16,23H,3-13H2,1-2H3,(H,20,24). The predicted octanol–water partition coefficient (Wildman–Crippen LogP) is 2.92. The normalized spacial score (nSPS) is 16.3. The van der Waals surface area contributed by atoms with Crippen molar-refractivity contribution in [1.82, 2.24) is 14.9 Å². The van der Waals surface area contributed by atoms with E-state index in [1.807, 2.05) is 6.33 Å². The summed E-state index contributed by atoms with van der Waals surface area (Å²) in [5, 5.41) is 11.4. The van der Waals surface area contributed by atoms with Gasteiger partial charge in [0.25, 0.3) is 0 Å². The van der Waals surface area contributed by atoms with E-state index in [0.29, 0.717) is 24.8 Å². The summed E-state index contributed by atoms with van der Waals surface area (Å²) >= 11 is 0. The Morgan fingerprint density at radius 2 is 2.12 bits per heavy atom. The highest BCUT2D eigenvalue weighted by atomic mass is 16.3. The number of imidazole rings is 1. The summed E-state index contributed by atoms with van der Waals surface area (Å²) < 4.78 is 2.16. The number of hydrogen-bond donors (Lipinski definition) is 2. The van der Waals surface area contributed by atoms with Gasteiger partial charge in [0.05, 0.1) is 18.6 Å². The molecule has 1 amide bonds. The van der Waals surface area contributed by atoms with Crippen LogP contribution in [0.4, 0.5) is 0 Å². The fourth-order valence-corrected chi connectivity index (χ4v) is 3.69. The van der Waals surface area contributed by atoms with Crippen LogP contribution in [-0.2, 0) is 17.8 Å². The summed E-state index contributed by atoms with van der Waals surface area (Å²) in [5.41, 5.74) is 1.35. The molecule has 0 spiro atoms. The maximum atomic E-state index is 11.6. The van der Waals surface area contributed by atoms with E-state index in [1.165, 1.54) is 38.5 Å². The van der Waals surface area contributed by atoms with Gasteiger partial charge in [-0.15, -0.1) is 0 Å². The number of hydrogen-bond acceptors (Lipinski definition) is 3. The van der Waals surface area contributed by atoms with Crippen molar-refractivity contribution < 1.29 is 9.90 Å². The first-order valence-corrected chi connectivity index (χ1v) is 9.39. The molecule has 2 rings (SSSR count). The first kappa shape index (κ1) is 19.0. The van der Waals surface area contributed by atoms with Crippen LogP contribution in [0.2, 0.25) is 0 Å². The molecule has 0 aromatic carbocycles. The number of nitrogens with one attached hydrogen (secondary N) is 1. The van der Waals surface area contributed by atoms with Crippen molar-refractivity contribution in [2.45, 2.75) is 71.8 Å². The lowest BCUT2D eigenvalue weighted by Crippen LogP contribution is -2.27. The Hall–Kier alpha value is -1.36. The minimum atomic E-state index is -0.0305. The number of carbonyl (C=O) groups is 1. The number of aliphatic hydroxyl groups excluding tert-OH is 1. The molecule has 0 bridgehead atoms. The Morgan fingerprint density at radius 3 is 2.83 bits per heavy atom. The Kier molecular flexibility index (Phi) is 7.28. The van der Waals surface area contributed by atoms with Gasteiger partial charge in [0.2, 0.25) is 5.91 Å². The van der Waals surface area contributed by atoms with Gasteiger partial charge in [0, 0.05) is 25.7 Å². The van der Waals surface area contributed by atoms with Crippen LogP contribution < -0.4 is 5.32 Å². The lowest BCUT2D eigenvalue weighted by Gasteiger charge is -2.37. The fourth-order valence-electron chi connectivity index (χ4n) is 3.69. The molecule has 1 aliphatic rings. The molecule has 1 fully saturated rings. The van der Waals surface area contributed by atoms with Crippen LogP contribution in [0.3, 0.4) is 0 Å². The first-order chi connectivity index (χ1) is 11.5. The summed E-state index contributed by atoms with van der Waals surface area (Å²) in [7, 11) is 0. The maximum Gasteiger partial charge on any atom is 0.220 e. The number of carbonyl (C=O) groups excluding carboxylic acids is 1. The van der Waals surface area contributed by atoms with Gasteiger partial charge >= 0.3 is 0 Å². The molecule has 0 aliphatic heterocycles. The number of aliphatic hydroxyl groups is 1. The smallest absolute Gasteiger partial charge is 0.220 e. The Labute approximate surface area is 145 Å². The maximum absolute atomic E-state index is 11.6. The van der Waals surface area contributed by atoms with E-state index < -0.39 is 0 Å². The molecule has 1 aromatic rings. The minimum absolute atomic E-state index is 0.0167. The van der Waals surface area contributed by atoms with Gasteiger partial charge < -0.3 is 15.0 Å². The average Bonchev–Trinajstić information content (AvgIpc) is 3.05. The molecule has 136 valence electrons. The van der Waals surface area contributed by atoms with Crippen molar-refractivity contribution >= 4 is 5.91 Å². The molecule has 0 saturated heterocycles. The second-order valence-corrected chi connectivity index (χ2v) is 7.75. The van der Waals surface area contributed by atoms with E-state index in [-0.39, 0.29) is 12.5 Å². The molecule has 5 heteroatoms. The first-order valence-electron chi connectivity index (χ1n) is 9.39. The third-order valence-corrected chi connectivity index (χ3v) is 5.45. The molecular weight excluding hydrogens is 302 g/mol. The van der Waals surface area contributed by atoms with Gasteiger partial charge in [-0.1, -0.05) is 33.1 Å². The van der Waals surface area contributed by atoms with Gasteiger partial charge in [-0.2, -0.15) is 0 Å². The van der Waals surface area contributed by atoms with Crippen molar-refractivity contribution in [3.05, 3.63) is 18.2 Å². The molecule has 1 saturated carbocycles. The van der Waals surface area contributed by atoms with E-state index in [0.717, 1.165) is 18.2 Å². The van der Waals surface area contributed by atoms with Crippen LogP contribution >= 0.6 is 0 Å². The minimum Gasteiger partial charge on any atom is -0.395 e. The second kappa shape index (κ2) is 9.21. The summed E-state index contributed by atoms with van der Waals surface area (Å²) in [6, 6.07) is 0. The van der Waals surface area contributed by atoms with Crippen LogP contribution in [0.15, 0.2) is 12.5 Å². The van der Waals surface area contributed by atoms with Gasteiger partial charge in [-0.3, -0.25) is 4.79 Å². The Balaban J connectivity index is 1.75. The summed E-state index contributed by atoms with van der Waals surface area (Å²) in [6.07, 6.45) is 13.1. The summed E-state index contributed by atoms with van der Waals surface area (Å²) in [5.74, 6) is 0.821. The fraction of sp³-hybridized carbons (Fsp3) is 0.789. The molecule has 0 radical (unpaired) electrons. The van der Waals surface area contributed by atoms with E-state index >= 15 is 0 Å².